The van der Waals surface area contributed by atoms with Gasteiger partial charge in [-0.3, -0.25) is 4.79 Å². The van der Waals surface area contributed by atoms with Gasteiger partial charge in [-0.25, -0.2) is 4.98 Å². The number of nitrogen functional groups attached to an aromatic ring is 1. The molecule has 1 amide bonds. The summed E-state index contributed by atoms with van der Waals surface area (Å²) in [5, 5.41) is 12.9. The van der Waals surface area contributed by atoms with E-state index in [2.05, 4.69) is 22.4 Å². The molecular formula is C30H45N3O3S. The van der Waals surface area contributed by atoms with Crippen LogP contribution in [0.2, 0.25) is 0 Å². The number of fused-ring (bicyclic) bond motifs is 1. The SMILES string of the molecule is CC.CC.CC.CC(C)Oc1ccc(-c2ncc(-c3cccc4c3CC[C@H]4NC(=O)CCO)s2)cc1N. The van der Waals surface area contributed by atoms with Crippen molar-refractivity contribution in [3.8, 4) is 26.8 Å². The van der Waals surface area contributed by atoms with Crippen LogP contribution in [0, 0.1) is 0 Å². The van der Waals surface area contributed by atoms with Crippen molar-refractivity contribution in [1.29, 1.82) is 0 Å². The number of ether oxygens (including phenoxy) is 1. The second kappa shape index (κ2) is 16.8. The van der Waals surface area contributed by atoms with E-state index in [0.29, 0.717) is 11.4 Å². The van der Waals surface area contributed by atoms with Crippen LogP contribution in [0.15, 0.2) is 42.6 Å². The Morgan fingerprint density at radius 1 is 1.16 bits per heavy atom. The molecule has 0 unspecified atom stereocenters. The Morgan fingerprint density at radius 2 is 1.86 bits per heavy atom. The van der Waals surface area contributed by atoms with Gasteiger partial charge in [0.2, 0.25) is 5.91 Å². The molecule has 0 saturated heterocycles. The second-order valence-corrected chi connectivity index (χ2v) is 8.99. The van der Waals surface area contributed by atoms with E-state index in [1.165, 1.54) is 5.56 Å². The molecule has 0 aliphatic heterocycles. The van der Waals surface area contributed by atoms with Crippen LogP contribution in [0.5, 0.6) is 5.75 Å². The number of carbonyl (C=O) groups excluding carboxylic acids is 1. The summed E-state index contributed by atoms with van der Waals surface area (Å²) >= 11 is 1.63. The number of rotatable bonds is 7. The number of amides is 1. The molecule has 1 aliphatic carbocycles. The van der Waals surface area contributed by atoms with Gasteiger partial charge >= 0.3 is 0 Å². The van der Waals surface area contributed by atoms with E-state index in [1.807, 2.05) is 85.9 Å². The van der Waals surface area contributed by atoms with Gasteiger partial charge in [0.15, 0.2) is 0 Å². The molecule has 0 spiro atoms. The van der Waals surface area contributed by atoms with Crippen LogP contribution >= 0.6 is 11.3 Å². The molecule has 204 valence electrons. The molecular weight excluding hydrogens is 482 g/mol. The summed E-state index contributed by atoms with van der Waals surface area (Å²) < 4.78 is 5.73. The largest absolute Gasteiger partial charge is 0.489 e. The first-order valence-corrected chi connectivity index (χ1v) is 14.3. The summed E-state index contributed by atoms with van der Waals surface area (Å²) in [6, 6.07) is 12.0. The molecule has 1 aliphatic rings. The summed E-state index contributed by atoms with van der Waals surface area (Å²) in [7, 11) is 0. The number of thiazole rings is 1. The van der Waals surface area contributed by atoms with Crippen LogP contribution in [-0.4, -0.2) is 28.7 Å². The third-order valence-corrected chi connectivity index (χ3v) is 6.42. The highest BCUT2D eigenvalue weighted by atomic mass is 32.1. The summed E-state index contributed by atoms with van der Waals surface area (Å²) in [5.41, 5.74) is 11.3. The maximum Gasteiger partial charge on any atom is 0.222 e. The van der Waals surface area contributed by atoms with Gasteiger partial charge in [-0.05, 0) is 61.6 Å². The van der Waals surface area contributed by atoms with E-state index in [4.69, 9.17) is 15.6 Å². The van der Waals surface area contributed by atoms with E-state index in [1.54, 1.807) is 11.3 Å². The highest BCUT2D eigenvalue weighted by Gasteiger charge is 2.26. The van der Waals surface area contributed by atoms with Crippen molar-refractivity contribution in [2.75, 3.05) is 12.3 Å². The zero-order valence-corrected chi connectivity index (χ0v) is 24.5. The van der Waals surface area contributed by atoms with Crippen molar-refractivity contribution in [1.82, 2.24) is 10.3 Å². The number of hydrogen-bond donors (Lipinski definition) is 3. The van der Waals surface area contributed by atoms with Crippen LogP contribution in [0.4, 0.5) is 5.69 Å². The number of aliphatic hydroxyl groups is 1. The van der Waals surface area contributed by atoms with Crippen LogP contribution in [0.3, 0.4) is 0 Å². The van der Waals surface area contributed by atoms with Gasteiger partial charge in [-0.15, -0.1) is 11.3 Å². The van der Waals surface area contributed by atoms with Gasteiger partial charge < -0.3 is 20.9 Å². The third-order valence-electron chi connectivity index (χ3n) is 5.34. The van der Waals surface area contributed by atoms with Crippen LogP contribution in [0.25, 0.3) is 21.0 Å². The smallest absolute Gasteiger partial charge is 0.222 e. The maximum atomic E-state index is 11.9. The Hall–Kier alpha value is -2.90. The number of nitrogens with zero attached hydrogens (tertiary/aromatic N) is 1. The second-order valence-electron chi connectivity index (χ2n) is 7.95. The molecule has 1 atom stereocenters. The number of aromatic nitrogens is 1. The molecule has 37 heavy (non-hydrogen) atoms. The fourth-order valence-corrected chi connectivity index (χ4v) is 4.94. The average Bonchev–Trinajstić information content (AvgIpc) is 3.57. The van der Waals surface area contributed by atoms with E-state index in [-0.39, 0.29) is 31.1 Å². The molecule has 0 bridgehead atoms. The van der Waals surface area contributed by atoms with E-state index >= 15 is 0 Å². The minimum atomic E-state index is -0.135. The summed E-state index contributed by atoms with van der Waals surface area (Å²) in [6.07, 6.45) is 3.87. The van der Waals surface area contributed by atoms with E-state index < -0.39 is 0 Å². The standard InChI is InChI=1S/C24H27N3O3S.3C2H6/c1-14(2)30-21-9-6-15(12-19(21)25)24-26-13-22(31-24)18-5-3-4-17-16(18)7-8-20(17)27-23(29)10-11-28;3*1-2/h3-6,9,12-14,20,28H,7-8,10-11,25H2,1-2H3,(H,27,29);3*1-2H3/t20-;;;/m1.../s1. The summed E-state index contributed by atoms with van der Waals surface area (Å²) in [6.45, 7) is 15.8. The fourth-order valence-electron chi connectivity index (χ4n) is 3.98. The number of carbonyl (C=O) groups is 1. The van der Waals surface area contributed by atoms with Gasteiger partial charge in [0.1, 0.15) is 10.8 Å². The first kappa shape index (κ1) is 32.1. The first-order valence-electron chi connectivity index (χ1n) is 13.5. The highest BCUT2D eigenvalue weighted by molar-refractivity contribution is 7.18. The van der Waals surface area contributed by atoms with E-state index in [0.717, 1.165) is 39.4 Å². The molecule has 0 fully saturated rings. The summed E-state index contributed by atoms with van der Waals surface area (Å²) in [4.78, 5) is 17.7. The predicted molar refractivity (Wildman–Crippen MR) is 158 cm³/mol. The van der Waals surface area contributed by atoms with Gasteiger partial charge in [0, 0.05) is 18.2 Å². The van der Waals surface area contributed by atoms with Crippen molar-refractivity contribution in [2.45, 2.75) is 86.8 Å². The molecule has 2 aromatic carbocycles. The number of nitrogens with two attached hydrogens (primary N) is 1. The predicted octanol–water partition coefficient (Wildman–Crippen LogP) is 7.41. The van der Waals surface area contributed by atoms with Crippen LogP contribution in [-0.2, 0) is 11.2 Å². The highest BCUT2D eigenvalue weighted by Crippen LogP contribution is 2.41. The topological polar surface area (TPSA) is 97.5 Å². The molecule has 6 nitrogen and oxygen atoms in total. The first-order chi connectivity index (χ1) is 18.0. The lowest BCUT2D eigenvalue weighted by Crippen LogP contribution is -2.27. The average molecular weight is 528 g/mol. The number of aliphatic hydroxyl groups excluding tert-OH is 1. The Balaban J connectivity index is 0.00000106. The van der Waals surface area contributed by atoms with Crippen LogP contribution in [0.1, 0.15) is 85.4 Å². The molecule has 3 aromatic rings. The molecule has 0 saturated carbocycles. The lowest BCUT2D eigenvalue weighted by atomic mass is 10.0. The monoisotopic (exact) mass is 527 g/mol. The van der Waals surface area contributed by atoms with Gasteiger partial charge in [0.25, 0.3) is 0 Å². The third kappa shape index (κ3) is 8.58. The van der Waals surface area contributed by atoms with E-state index in [9.17, 15) is 4.79 Å². The van der Waals surface area contributed by atoms with Crippen molar-refractivity contribution < 1.29 is 14.6 Å². The molecule has 7 heteroatoms. The zero-order chi connectivity index (χ0) is 28.0. The van der Waals surface area contributed by atoms with Crippen molar-refractivity contribution in [3.05, 3.63) is 53.7 Å². The number of benzene rings is 2. The van der Waals surface area contributed by atoms with Crippen LogP contribution < -0.4 is 15.8 Å². The quantitative estimate of drug-likeness (QED) is 0.278. The van der Waals surface area contributed by atoms with Gasteiger partial charge in [-0.2, -0.15) is 0 Å². The maximum absolute atomic E-state index is 11.9. The van der Waals surface area contributed by atoms with Gasteiger partial charge in [-0.1, -0.05) is 59.7 Å². The lowest BCUT2D eigenvalue weighted by molar-refractivity contribution is -0.122. The van der Waals surface area contributed by atoms with Gasteiger partial charge in [0.05, 0.1) is 29.3 Å². The Kier molecular flexibility index (Phi) is 14.6. The Morgan fingerprint density at radius 3 is 2.49 bits per heavy atom. The van der Waals surface area contributed by atoms with Crippen molar-refractivity contribution in [3.63, 3.8) is 0 Å². The number of nitrogens with one attached hydrogen (secondary N) is 1. The zero-order valence-electron chi connectivity index (χ0n) is 23.7. The van der Waals surface area contributed by atoms with Crippen molar-refractivity contribution >= 4 is 22.9 Å². The fraction of sp³-hybridized carbons (Fsp3) is 0.467. The molecule has 1 aromatic heterocycles. The Bertz CT molecular complexity index is 1100. The Labute approximate surface area is 227 Å². The molecule has 1 heterocycles. The minimum Gasteiger partial charge on any atom is -0.489 e. The number of anilines is 1. The molecule has 4 N–H and O–H groups in total. The van der Waals surface area contributed by atoms with Crippen molar-refractivity contribution in [2.24, 2.45) is 0 Å². The normalized spacial score (nSPS) is 13.2. The lowest BCUT2D eigenvalue weighted by Gasteiger charge is -2.14. The molecule has 0 radical (unpaired) electrons. The number of hydrogen-bond acceptors (Lipinski definition) is 6. The summed E-state index contributed by atoms with van der Waals surface area (Å²) in [5.74, 6) is 0.569. The minimum absolute atomic E-state index is 0.00492. The molecule has 4 rings (SSSR count).